The highest BCUT2D eigenvalue weighted by molar-refractivity contribution is 5.65. The van der Waals surface area contributed by atoms with Crippen molar-refractivity contribution in [3.8, 4) is 0 Å². The fourth-order valence-electron chi connectivity index (χ4n) is 1.81. The zero-order valence-electron chi connectivity index (χ0n) is 7.94. The molecule has 0 radical (unpaired) electrons. The number of amides is 1. The molecule has 0 saturated carbocycles. The van der Waals surface area contributed by atoms with Gasteiger partial charge in [0.15, 0.2) is 0 Å². The third kappa shape index (κ3) is 2.59. The topological polar surface area (TPSA) is 60.8 Å². The van der Waals surface area contributed by atoms with E-state index in [1.54, 1.807) is 0 Å². The number of aliphatic hydroxyl groups excluding tert-OH is 1. The molecule has 0 aromatic carbocycles. The zero-order chi connectivity index (χ0) is 9.84. The van der Waals surface area contributed by atoms with E-state index in [4.69, 9.17) is 5.11 Å². The Hall–Kier alpha value is -0.770. The Morgan fingerprint density at radius 2 is 2.38 bits per heavy atom. The summed E-state index contributed by atoms with van der Waals surface area (Å²) in [5, 5.41) is 18.2. The first-order chi connectivity index (χ1) is 6.15. The van der Waals surface area contributed by atoms with Crippen molar-refractivity contribution in [1.29, 1.82) is 0 Å². The second kappa shape index (κ2) is 4.46. The maximum Gasteiger partial charge on any atom is 0.407 e. The van der Waals surface area contributed by atoms with Gasteiger partial charge in [0.25, 0.3) is 0 Å². The van der Waals surface area contributed by atoms with Crippen LogP contribution in [0.2, 0.25) is 0 Å². The largest absolute Gasteiger partial charge is 0.465 e. The van der Waals surface area contributed by atoms with Gasteiger partial charge in [-0.15, -0.1) is 0 Å². The molecule has 0 bridgehead atoms. The molecule has 1 aliphatic rings. The SMILES string of the molecule is CC[C@H](O)CC1CCCN1C(=O)O. The lowest BCUT2D eigenvalue weighted by Gasteiger charge is -2.23. The van der Waals surface area contributed by atoms with Crippen molar-refractivity contribution in [1.82, 2.24) is 4.90 Å². The number of carbonyl (C=O) groups is 1. The Labute approximate surface area is 78.2 Å². The molecule has 1 rings (SSSR count). The number of hydrogen-bond acceptors (Lipinski definition) is 2. The standard InChI is InChI=1S/C9H17NO3/c1-2-8(11)6-7-4-3-5-10(7)9(12)13/h7-8,11H,2-6H2,1H3,(H,12,13)/t7?,8-/m0/s1. The normalized spacial score (nSPS) is 24.8. The highest BCUT2D eigenvalue weighted by Gasteiger charge is 2.29. The van der Waals surface area contributed by atoms with Crippen molar-refractivity contribution in [2.75, 3.05) is 6.54 Å². The molecule has 76 valence electrons. The highest BCUT2D eigenvalue weighted by Crippen LogP contribution is 2.21. The third-order valence-corrected chi connectivity index (χ3v) is 2.64. The lowest BCUT2D eigenvalue weighted by molar-refractivity contribution is 0.104. The Morgan fingerprint density at radius 1 is 1.69 bits per heavy atom. The van der Waals surface area contributed by atoms with E-state index >= 15 is 0 Å². The molecule has 2 N–H and O–H groups in total. The summed E-state index contributed by atoms with van der Waals surface area (Å²) in [5.41, 5.74) is 0. The van der Waals surface area contributed by atoms with Crippen LogP contribution in [0.25, 0.3) is 0 Å². The van der Waals surface area contributed by atoms with Crippen LogP contribution in [0.3, 0.4) is 0 Å². The molecule has 1 heterocycles. The van der Waals surface area contributed by atoms with Crippen LogP contribution in [0.5, 0.6) is 0 Å². The lowest BCUT2D eigenvalue weighted by Crippen LogP contribution is -2.36. The van der Waals surface area contributed by atoms with Crippen molar-refractivity contribution in [2.45, 2.75) is 44.8 Å². The maximum atomic E-state index is 10.7. The molecular formula is C9H17NO3. The van der Waals surface area contributed by atoms with Crippen LogP contribution in [-0.2, 0) is 0 Å². The molecule has 0 spiro atoms. The monoisotopic (exact) mass is 187 g/mol. The summed E-state index contributed by atoms with van der Waals surface area (Å²) in [6, 6.07) is 0.0347. The van der Waals surface area contributed by atoms with Crippen molar-refractivity contribution < 1.29 is 15.0 Å². The van der Waals surface area contributed by atoms with E-state index in [1.165, 1.54) is 4.90 Å². The molecule has 1 unspecified atom stereocenters. The molecule has 0 aromatic rings. The minimum atomic E-state index is -0.856. The molecule has 1 aliphatic heterocycles. The number of aliphatic hydroxyl groups is 1. The van der Waals surface area contributed by atoms with Gasteiger partial charge in [0.05, 0.1) is 6.10 Å². The van der Waals surface area contributed by atoms with Crippen LogP contribution >= 0.6 is 0 Å². The predicted octanol–water partition coefficient (Wildman–Crippen LogP) is 1.29. The van der Waals surface area contributed by atoms with Crippen molar-refractivity contribution in [3.63, 3.8) is 0 Å². The smallest absolute Gasteiger partial charge is 0.407 e. The minimum absolute atomic E-state index is 0.0347. The van der Waals surface area contributed by atoms with Crippen LogP contribution < -0.4 is 0 Å². The Morgan fingerprint density at radius 3 is 2.92 bits per heavy atom. The Bertz CT molecular complexity index is 184. The van der Waals surface area contributed by atoms with Crippen LogP contribution in [0.1, 0.15) is 32.6 Å². The minimum Gasteiger partial charge on any atom is -0.465 e. The summed E-state index contributed by atoms with van der Waals surface area (Å²) in [6.07, 6.45) is 1.89. The summed E-state index contributed by atoms with van der Waals surface area (Å²) >= 11 is 0. The maximum absolute atomic E-state index is 10.7. The first-order valence-electron chi connectivity index (χ1n) is 4.82. The van der Waals surface area contributed by atoms with Crippen molar-refractivity contribution in [3.05, 3.63) is 0 Å². The van der Waals surface area contributed by atoms with E-state index < -0.39 is 6.09 Å². The molecule has 1 fully saturated rings. The molecule has 2 atom stereocenters. The summed E-state index contributed by atoms with van der Waals surface area (Å²) in [5.74, 6) is 0. The molecule has 4 heteroatoms. The summed E-state index contributed by atoms with van der Waals surface area (Å²) in [4.78, 5) is 12.2. The number of carboxylic acid groups (broad SMARTS) is 1. The first kappa shape index (κ1) is 10.3. The lowest BCUT2D eigenvalue weighted by atomic mass is 10.1. The van der Waals surface area contributed by atoms with Gasteiger partial charge in [0.2, 0.25) is 0 Å². The molecule has 13 heavy (non-hydrogen) atoms. The van der Waals surface area contributed by atoms with Crippen LogP contribution in [-0.4, -0.2) is 39.9 Å². The van der Waals surface area contributed by atoms with E-state index in [0.717, 1.165) is 12.8 Å². The third-order valence-electron chi connectivity index (χ3n) is 2.64. The summed E-state index contributed by atoms with van der Waals surface area (Å²) < 4.78 is 0. The fourth-order valence-corrected chi connectivity index (χ4v) is 1.81. The number of hydrogen-bond donors (Lipinski definition) is 2. The second-order valence-electron chi connectivity index (χ2n) is 3.57. The number of rotatable bonds is 3. The van der Waals surface area contributed by atoms with Gasteiger partial charge in [-0.3, -0.25) is 0 Å². The van der Waals surface area contributed by atoms with Gasteiger partial charge in [-0.1, -0.05) is 6.92 Å². The van der Waals surface area contributed by atoms with Crippen LogP contribution in [0.4, 0.5) is 4.79 Å². The highest BCUT2D eigenvalue weighted by atomic mass is 16.4. The van der Waals surface area contributed by atoms with Crippen molar-refractivity contribution in [2.24, 2.45) is 0 Å². The van der Waals surface area contributed by atoms with E-state index in [2.05, 4.69) is 0 Å². The average molecular weight is 187 g/mol. The molecule has 0 aromatic heterocycles. The van der Waals surface area contributed by atoms with Crippen LogP contribution in [0.15, 0.2) is 0 Å². The van der Waals surface area contributed by atoms with Gasteiger partial charge >= 0.3 is 6.09 Å². The van der Waals surface area contributed by atoms with Gasteiger partial charge in [-0.2, -0.15) is 0 Å². The molecular weight excluding hydrogens is 170 g/mol. The quantitative estimate of drug-likeness (QED) is 0.699. The number of likely N-dealkylation sites (tertiary alicyclic amines) is 1. The van der Waals surface area contributed by atoms with Crippen molar-refractivity contribution >= 4 is 6.09 Å². The first-order valence-corrected chi connectivity index (χ1v) is 4.82. The van der Waals surface area contributed by atoms with Gasteiger partial charge < -0.3 is 15.1 Å². The predicted molar refractivity (Wildman–Crippen MR) is 48.7 cm³/mol. The van der Waals surface area contributed by atoms with Gasteiger partial charge in [0, 0.05) is 12.6 Å². The fraction of sp³-hybridized carbons (Fsp3) is 0.889. The van der Waals surface area contributed by atoms with E-state index in [9.17, 15) is 9.90 Å². The summed E-state index contributed by atoms with van der Waals surface area (Å²) in [7, 11) is 0. The van der Waals surface area contributed by atoms with E-state index in [-0.39, 0.29) is 12.1 Å². The average Bonchev–Trinajstić information content (AvgIpc) is 2.52. The molecule has 0 aliphatic carbocycles. The Kier molecular flexibility index (Phi) is 3.54. The van der Waals surface area contributed by atoms with E-state index in [1.807, 2.05) is 6.92 Å². The van der Waals surface area contributed by atoms with Crippen LogP contribution in [0, 0.1) is 0 Å². The second-order valence-corrected chi connectivity index (χ2v) is 3.57. The molecule has 1 saturated heterocycles. The molecule has 1 amide bonds. The van der Waals surface area contributed by atoms with Gasteiger partial charge in [-0.05, 0) is 25.7 Å². The number of nitrogens with zero attached hydrogens (tertiary/aromatic N) is 1. The van der Waals surface area contributed by atoms with E-state index in [0.29, 0.717) is 19.4 Å². The zero-order valence-corrected chi connectivity index (χ0v) is 7.94. The Balaban J connectivity index is 2.44. The van der Waals surface area contributed by atoms with Gasteiger partial charge in [0.1, 0.15) is 0 Å². The summed E-state index contributed by atoms with van der Waals surface area (Å²) in [6.45, 7) is 2.53. The molecule has 4 nitrogen and oxygen atoms in total. The van der Waals surface area contributed by atoms with Gasteiger partial charge in [-0.25, -0.2) is 4.79 Å².